The van der Waals surface area contributed by atoms with Crippen molar-refractivity contribution in [3.8, 4) is 0 Å². The molecule has 5 nitrogen and oxygen atoms in total. The average Bonchev–Trinajstić information content (AvgIpc) is 2.46. The van der Waals surface area contributed by atoms with E-state index in [9.17, 15) is 14.3 Å². The first-order chi connectivity index (χ1) is 9.95. The minimum Gasteiger partial charge on any atom is -0.310 e. The van der Waals surface area contributed by atoms with Gasteiger partial charge in [-0.15, -0.1) is 0 Å². The van der Waals surface area contributed by atoms with Gasteiger partial charge in [-0.1, -0.05) is 32.4 Å². The minimum atomic E-state index is -0.812. The maximum atomic E-state index is 11.3. The predicted molar refractivity (Wildman–Crippen MR) is 86.9 cm³/mol. The second-order valence-corrected chi connectivity index (χ2v) is 7.05. The Kier molecular flexibility index (Phi) is 7.53. The van der Waals surface area contributed by atoms with Crippen molar-refractivity contribution in [3.05, 3.63) is 39.9 Å². The molecule has 0 bridgehead atoms. The molecule has 0 aliphatic rings. The van der Waals surface area contributed by atoms with E-state index in [4.69, 9.17) is 0 Å². The highest BCUT2D eigenvalue weighted by Crippen LogP contribution is 2.22. The maximum Gasteiger partial charge on any atom is 0.269 e. The molecule has 0 heterocycles. The molecule has 0 aliphatic carbocycles. The Labute approximate surface area is 128 Å². The Morgan fingerprint density at radius 3 is 2.67 bits per heavy atom. The van der Waals surface area contributed by atoms with Gasteiger partial charge in [-0.25, -0.2) is 0 Å². The monoisotopic (exact) mass is 312 g/mol. The number of non-ortho nitro benzene ring substituents is 1. The van der Waals surface area contributed by atoms with Gasteiger partial charge >= 0.3 is 0 Å². The van der Waals surface area contributed by atoms with Gasteiger partial charge in [0.25, 0.3) is 5.69 Å². The van der Waals surface area contributed by atoms with Gasteiger partial charge in [0, 0.05) is 40.5 Å². The summed E-state index contributed by atoms with van der Waals surface area (Å²) in [7, 11) is -0.812. The van der Waals surface area contributed by atoms with Crippen molar-refractivity contribution in [2.24, 2.45) is 0 Å². The molecule has 1 N–H and O–H groups in total. The Morgan fingerprint density at radius 2 is 2.10 bits per heavy atom. The van der Waals surface area contributed by atoms with Gasteiger partial charge in [-0.3, -0.25) is 14.3 Å². The molecule has 21 heavy (non-hydrogen) atoms. The second kappa shape index (κ2) is 8.89. The van der Waals surface area contributed by atoms with Gasteiger partial charge in [0.15, 0.2) is 0 Å². The molecule has 1 aromatic rings. The van der Waals surface area contributed by atoms with Crippen molar-refractivity contribution in [2.45, 2.75) is 44.4 Å². The number of nitro groups is 1. The second-order valence-electron chi connectivity index (χ2n) is 5.25. The van der Waals surface area contributed by atoms with Gasteiger partial charge in [-0.05, 0) is 24.9 Å². The SMILES string of the molecule is CCCC(NCCC(C)S(C)=O)c1cccc([N+](=O)[O-])c1. The van der Waals surface area contributed by atoms with E-state index in [1.165, 1.54) is 6.07 Å². The van der Waals surface area contributed by atoms with E-state index in [2.05, 4.69) is 12.2 Å². The normalized spacial score (nSPS) is 15.4. The molecule has 3 atom stereocenters. The van der Waals surface area contributed by atoms with E-state index >= 15 is 0 Å². The summed E-state index contributed by atoms with van der Waals surface area (Å²) in [5.41, 5.74) is 1.06. The third kappa shape index (κ3) is 5.93. The van der Waals surface area contributed by atoms with Crippen molar-refractivity contribution >= 4 is 16.5 Å². The number of nitrogens with zero attached hydrogens (tertiary/aromatic N) is 1. The van der Waals surface area contributed by atoms with Gasteiger partial charge in [0.05, 0.1) is 4.92 Å². The van der Waals surface area contributed by atoms with E-state index in [0.29, 0.717) is 0 Å². The van der Waals surface area contributed by atoms with Crippen LogP contribution in [0.2, 0.25) is 0 Å². The standard InChI is InChI=1S/C15H24N2O3S/c1-4-6-15(16-10-9-12(2)21(3)20)13-7-5-8-14(11-13)17(18)19/h5,7-8,11-12,15-16H,4,6,9-10H2,1-3H3. The quantitative estimate of drug-likeness (QED) is 0.561. The van der Waals surface area contributed by atoms with Crippen molar-refractivity contribution < 1.29 is 9.13 Å². The predicted octanol–water partition coefficient (Wildman–Crippen LogP) is 3.18. The summed E-state index contributed by atoms with van der Waals surface area (Å²) in [6.07, 6.45) is 4.47. The van der Waals surface area contributed by atoms with E-state index in [-0.39, 0.29) is 21.9 Å². The minimum absolute atomic E-state index is 0.104. The number of hydrogen-bond donors (Lipinski definition) is 1. The zero-order valence-corrected chi connectivity index (χ0v) is 13.7. The highest BCUT2D eigenvalue weighted by atomic mass is 32.2. The first-order valence-electron chi connectivity index (χ1n) is 7.25. The van der Waals surface area contributed by atoms with Crippen molar-refractivity contribution in [1.29, 1.82) is 0 Å². The Hall–Kier alpha value is -1.27. The van der Waals surface area contributed by atoms with Gasteiger partial charge in [0.1, 0.15) is 0 Å². The van der Waals surface area contributed by atoms with Crippen LogP contribution in [0.5, 0.6) is 0 Å². The zero-order valence-electron chi connectivity index (χ0n) is 12.9. The first-order valence-corrected chi connectivity index (χ1v) is 8.87. The molecule has 0 aromatic heterocycles. The molecule has 0 amide bonds. The fraction of sp³-hybridized carbons (Fsp3) is 0.600. The van der Waals surface area contributed by atoms with Crippen LogP contribution in [-0.4, -0.2) is 27.2 Å². The number of nitro benzene ring substituents is 1. The molecule has 0 radical (unpaired) electrons. The lowest BCUT2D eigenvalue weighted by Crippen LogP contribution is -2.25. The van der Waals surface area contributed by atoms with Crippen LogP contribution < -0.4 is 5.32 Å². The third-order valence-electron chi connectivity index (χ3n) is 3.57. The van der Waals surface area contributed by atoms with E-state index in [0.717, 1.165) is 31.4 Å². The lowest BCUT2D eigenvalue weighted by molar-refractivity contribution is -0.384. The van der Waals surface area contributed by atoms with Gasteiger partial charge < -0.3 is 5.32 Å². The summed E-state index contributed by atoms with van der Waals surface area (Å²) >= 11 is 0. The summed E-state index contributed by atoms with van der Waals surface area (Å²) in [5, 5.41) is 14.5. The van der Waals surface area contributed by atoms with Crippen LogP contribution in [0.15, 0.2) is 24.3 Å². The summed E-state index contributed by atoms with van der Waals surface area (Å²) in [4.78, 5) is 10.5. The lowest BCUT2D eigenvalue weighted by atomic mass is 10.0. The van der Waals surface area contributed by atoms with Gasteiger partial charge in [0.2, 0.25) is 0 Å². The molecule has 1 rings (SSSR count). The maximum absolute atomic E-state index is 11.3. The molecule has 6 heteroatoms. The van der Waals surface area contributed by atoms with E-state index in [1.54, 1.807) is 18.4 Å². The topological polar surface area (TPSA) is 72.2 Å². The van der Waals surface area contributed by atoms with E-state index < -0.39 is 10.8 Å². The average molecular weight is 312 g/mol. The molecular formula is C15H24N2O3S. The zero-order chi connectivity index (χ0) is 15.8. The van der Waals surface area contributed by atoms with Crippen LogP contribution in [0.3, 0.4) is 0 Å². The van der Waals surface area contributed by atoms with Crippen LogP contribution in [0.25, 0.3) is 0 Å². The highest BCUT2D eigenvalue weighted by Gasteiger charge is 2.14. The van der Waals surface area contributed by atoms with Crippen molar-refractivity contribution in [2.75, 3.05) is 12.8 Å². The highest BCUT2D eigenvalue weighted by molar-refractivity contribution is 7.84. The van der Waals surface area contributed by atoms with Gasteiger partial charge in [-0.2, -0.15) is 0 Å². The third-order valence-corrected chi connectivity index (χ3v) is 4.94. The molecule has 0 saturated heterocycles. The molecule has 3 unspecified atom stereocenters. The lowest BCUT2D eigenvalue weighted by Gasteiger charge is -2.19. The first kappa shape index (κ1) is 17.8. The Balaban J connectivity index is 2.70. The van der Waals surface area contributed by atoms with Crippen molar-refractivity contribution in [1.82, 2.24) is 5.32 Å². The molecule has 118 valence electrons. The number of rotatable bonds is 9. The van der Waals surface area contributed by atoms with E-state index in [1.807, 2.05) is 13.0 Å². The van der Waals surface area contributed by atoms with Crippen LogP contribution >= 0.6 is 0 Å². The smallest absolute Gasteiger partial charge is 0.269 e. The van der Waals surface area contributed by atoms with Crippen molar-refractivity contribution in [3.63, 3.8) is 0 Å². The largest absolute Gasteiger partial charge is 0.310 e. The number of nitrogens with one attached hydrogen (secondary N) is 1. The molecule has 0 spiro atoms. The van der Waals surface area contributed by atoms with Crippen LogP contribution in [0.4, 0.5) is 5.69 Å². The van der Waals surface area contributed by atoms with Crippen LogP contribution in [-0.2, 0) is 10.8 Å². The summed E-state index contributed by atoms with van der Waals surface area (Å²) in [6, 6.07) is 6.89. The molecule has 1 aromatic carbocycles. The fourth-order valence-corrected chi connectivity index (χ4v) is 2.61. The molecule has 0 saturated carbocycles. The number of hydrogen-bond acceptors (Lipinski definition) is 4. The molecular weight excluding hydrogens is 288 g/mol. The van der Waals surface area contributed by atoms with Crippen LogP contribution in [0.1, 0.15) is 44.7 Å². The Morgan fingerprint density at radius 1 is 1.38 bits per heavy atom. The Bertz CT molecular complexity index is 494. The summed E-state index contributed by atoms with van der Waals surface area (Å²) in [5.74, 6) is 0. The fourth-order valence-electron chi connectivity index (χ4n) is 2.16. The molecule has 0 fully saturated rings. The van der Waals surface area contributed by atoms with Crippen LogP contribution in [0, 0.1) is 10.1 Å². The summed E-state index contributed by atoms with van der Waals surface area (Å²) in [6.45, 7) is 4.82. The molecule has 0 aliphatic heterocycles. The summed E-state index contributed by atoms with van der Waals surface area (Å²) < 4.78 is 11.3. The number of benzene rings is 1.